The zero-order valence-electron chi connectivity index (χ0n) is 18.4. The van der Waals surface area contributed by atoms with Crippen molar-refractivity contribution in [1.29, 1.82) is 0 Å². The van der Waals surface area contributed by atoms with Crippen molar-refractivity contribution < 1.29 is 22.7 Å². The number of carbonyl (C=O) groups is 2. The number of amides is 2. The highest BCUT2D eigenvalue weighted by Gasteiger charge is 2.27. The predicted molar refractivity (Wildman–Crippen MR) is 129 cm³/mol. The van der Waals surface area contributed by atoms with Crippen LogP contribution >= 0.6 is 0 Å². The van der Waals surface area contributed by atoms with Gasteiger partial charge in [-0.05, 0) is 55.3 Å². The quantitative estimate of drug-likeness (QED) is 0.512. The fourth-order valence-corrected chi connectivity index (χ4v) is 5.22. The molecule has 1 saturated heterocycles. The van der Waals surface area contributed by atoms with Gasteiger partial charge in [0.2, 0.25) is 10.0 Å². The zero-order valence-corrected chi connectivity index (χ0v) is 19.3. The fraction of sp³-hybridized carbons (Fsp3) is 0.200. The smallest absolute Gasteiger partial charge is 0.262 e. The highest BCUT2D eigenvalue weighted by atomic mass is 32.2. The van der Waals surface area contributed by atoms with Crippen molar-refractivity contribution in [3.8, 4) is 5.75 Å². The molecule has 2 amide bonds. The van der Waals surface area contributed by atoms with Crippen LogP contribution in [0.4, 0.5) is 11.4 Å². The Bertz CT molecular complexity index is 1270. The van der Waals surface area contributed by atoms with Gasteiger partial charge in [-0.3, -0.25) is 9.59 Å². The first-order valence-corrected chi connectivity index (χ1v) is 12.4. The van der Waals surface area contributed by atoms with Gasteiger partial charge in [0.1, 0.15) is 5.75 Å². The summed E-state index contributed by atoms with van der Waals surface area (Å²) in [5.74, 6) is -0.576. The lowest BCUT2D eigenvalue weighted by Crippen LogP contribution is -2.28. The Morgan fingerprint density at radius 1 is 0.824 bits per heavy atom. The molecular weight excluding hydrogens is 454 g/mol. The highest BCUT2D eigenvalue weighted by Crippen LogP contribution is 2.23. The molecule has 1 aliphatic heterocycles. The van der Waals surface area contributed by atoms with E-state index in [4.69, 9.17) is 4.74 Å². The van der Waals surface area contributed by atoms with Crippen molar-refractivity contribution in [2.75, 3.05) is 30.3 Å². The van der Waals surface area contributed by atoms with Crippen molar-refractivity contribution in [3.05, 3.63) is 84.4 Å². The molecule has 0 aromatic heterocycles. The third-order valence-corrected chi connectivity index (χ3v) is 7.24. The standard InChI is InChI=1S/C25H25N3O5S/c29-24(26-20-11-8-12-21(17-20)34(31,32)28-15-6-7-16-28)18-33-23-14-5-4-13-22(23)25(30)27-19-9-2-1-3-10-19/h1-5,8-14,17H,6-7,15-16,18H2,(H,26,29)(H,27,30). The lowest BCUT2D eigenvalue weighted by Gasteiger charge is -2.16. The van der Waals surface area contributed by atoms with Gasteiger partial charge in [0.05, 0.1) is 10.5 Å². The normalized spacial score (nSPS) is 13.9. The molecule has 34 heavy (non-hydrogen) atoms. The third kappa shape index (κ3) is 5.62. The fourth-order valence-electron chi connectivity index (χ4n) is 3.65. The van der Waals surface area contributed by atoms with E-state index < -0.39 is 15.9 Å². The molecule has 3 aromatic carbocycles. The van der Waals surface area contributed by atoms with Crippen LogP contribution in [0.3, 0.4) is 0 Å². The van der Waals surface area contributed by atoms with Gasteiger partial charge in [0.25, 0.3) is 11.8 Å². The first kappa shape index (κ1) is 23.5. The van der Waals surface area contributed by atoms with E-state index in [0.29, 0.717) is 24.5 Å². The lowest BCUT2D eigenvalue weighted by molar-refractivity contribution is -0.118. The number of carbonyl (C=O) groups excluding carboxylic acids is 2. The number of sulfonamides is 1. The number of anilines is 2. The third-order valence-electron chi connectivity index (χ3n) is 5.34. The predicted octanol–water partition coefficient (Wildman–Crippen LogP) is 3.74. The summed E-state index contributed by atoms with van der Waals surface area (Å²) in [5.41, 5.74) is 1.28. The number of para-hydroxylation sites is 2. The van der Waals surface area contributed by atoms with Crippen molar-refractivity contribution in [2.24, 2.45) is 0 Å². The van der Waals surface area contributed by atoms with Gasteiger partial charge in [-0.2, -0.15) is 4.31 Å². The van der Waals surface area contributed by atoms with Crippen LogP contribution in [-0.4, -0.2) is 44.2 Å². The SMILES string of the molecule is O=C(COc1ccccc1C(=O)Nc1ccccc1)Nc1cccc(S(=O)(=O)N2CCCC2)c1. The van der Waals surface area contributed by atoms with E-state index >= 15 is 0 Å². The molecule has 0 unspecified atom stereocenters. The van der Waals surface area contributed by atoms with E-state index in [1.165, 1.54) is 16.4 Å². The van der Waals surface area contributed by atoms with Gasteiger partial charge < -0.3 is 15.4 Å². The maximum absolute atomic E-state index is 12.8. The average Bonchev–Trinajstić information content (AvgIpc) is 3.40. The van der Waals surface area contributed by atoms with Crippen molar-refractivity contribution >= 4 is 33.2 Å². The van der Waals surface area contributed by atoms with E-state index in [-0.39, 0.29) is 28.7 Å². The van der Waals surface area contributed by atoms with Crippen LogP contribution in [0.15, 0.2) is 83.8 Å². The highest BCUT2D eigenvalue weighted by molar-refractivity contribution is 7.89. The largest absolute Gasteiger partial charge is 0.483 e. The molecule has 0 spiro atoms. The molecule has 0 aliphatic carbocycles. The van der Waals surface area contributed by atoms with Crippen molar-refractivity contribution in [3.63, 3.8) is 0 Å². The molecular formula is C25H25N3O5S. The summed E-state index contributed by atoms with van der Waals surface area (Å²) in [7, 11) is -3.59. The molecule has 8 nitrogen and oxygen atoms in total. The summed E-state index contributed by atoms with van der Waals surface area (Å²) in [6.45, 7) is 0.659. The monoisotopic (exact) mass is 479 g/mol. The topological polar surface area (TPSA) is 105 Å². The maximum Gasteiger partial charge on any atom is 0.262 e. The molecule has 1 heterocycles. The molecule has 9 heteroatoms. The molecule has 1 fully saturated rings. The Morgan fingerprint density at radius 2 is 1.50 bits per heavy atom. The van der Waals surface area contributed by atoms with Crippen LogP contribution in [0.2, 0.25) is 0 Å². The number of hydrogen-bond acceptors (Lipinski definition) is 5. The van der Waals surface area contributed by atoms with Crippen molar-refractivity contribution in [1.82, 2.24) is 4.31 Å². The number of hydrogen-bond donors (Lipinski definition) is 2. The Labute approximate surface area is 198 Å². The van der Waals surface area contributed by atoms with Crippen LogP contribution in [0.5, 0.6) is 5.75 Å². The maximum atomic E-state index is 12.8. The Kier molecular flexibility index (Phi) is 7.24. The number of benzene rings is 3. The zero-order chi connectivity index (χ0) is 24.0. The second-order valence-electron chi connectivity index (χ2n) is 7.79. The van der Waals surface area contributed by atoms with Gasteiger partial charge in [-0.15, -0.1) is 0 Å². The molecule has 0 radical (unpaired) electrons. The Morgan fingerprint density at radius 3 is 2.26 bits per heavy atom. The molecule has 4 rings (SSSR count). The van der Waals surface area contributed by atoms with Crippen LogP contribution < -0.4 is 15.4 Å². The van der Waals surface area contributed by atoms with E-state index in [2.05, 4.69) is 10.6 Å². The average molecular weight is 480 g/mol. The summed E-state index contributed by atoms with van der Waals surface area (Å²) in [4.78, 5) is 25.3. The second kappa shape index (κ2) is 10.5. The van der Waals surface area contributed by atoms with E-state index in [1.54, 1.807) is 48.5 Å². The van der Waals surface area contributed by atoms with Crippen LogP contribution in [0.25, 0.3) is 0 Å². The molecule has 3 aromatic rings. The van der Waals surface area contributed by atoms with Crippen LogP contribution in [0, 0.1) is 0 Å². The van der Waals surface area contributed by atoms with Crippen molar-refractivity contribution in [2.45, 2.75) is 17.7 Å². The van der Waals surface area contributed by atoms with Gasteiger partial charge in [-0.1, -0.05) is 36.4 Å². The minimum atomic E-state index is -3.59. The van der Waals surface area contributed by atoms with E-state index in [0.717, 1.165) is 12.8 Å². The molecule has 0 saturated carbocycles. The lowest BCUT2D eigenvalue weighted by atomic mass is 10.2. The van der Waals surface area contributed by atoms with E-state index in [1.807, 2.05) is 18.2 Å². The Balaban J connectivity index is 1.39. The number of rotatable bonds is 8. The summed E-state index contributed by atoms with van der Waals surface area (Å²) in [6, 6.07) is 21.8. The van der Waals surface area contributed by atoms with Gasteiger partial charge in [0.15, 0.2) is 6.61 Å². The van der Waals surface area contributed by atoms with Crippen LogP contribution in [0.1, 0.15) is 23.2 Å². The number of nitrogens with zero attached hydrogens (tertiary/aromatic N) is 1. The molecule has 0 atom stereocenters. The molecule has 176 valence electrons. The van der Waals surface area contributed by atoms with Gasteiger partial charge in [-0.25, -0.2) is 8.42 Å². The van der Waals surface area contributed by atoms with Gasteiger partial charge >= 0.3 is 0 Å². The summed E-state index contributed by atoms with van der Waals surface area (Å²) in [6.07, 6.45) is 1.69. The minimum absolute atomic E-state index is 0.135. The number of nitrogens with one attached hydrogen (secondary N) is 2. The molecule has 1 aliphatic rings. The summed E-state index contributed by atoms with van der Waals surface area (Å²) < 4.78 is 32.6. The molecule has 0 bridgehead atoms. The number of ether oxygens (including phenoxy) is 1. The first-order chi connectivity index (χ1) is 16.4. The minimum Gasteiger partial charge on any atom is -0.483 e. The summed E-state index contributed by atoms with van der Waals surface area (Å²) >= 11 is 0. The van der Waals surface area contributed by atoms with E-state index in [9.17, 15) is 18.0 Å². The second-order valence-corrected chi connectivity index (χ2v) is 9.73. The first-order valence-electron chi connectivity index (χ1n) is 10.9. The van der Waals surface area contributed by atoms with Crippen LogP contribution in [-0.2, 0) is 14.8 Å². The van der Waals surface area contributed by atoms with Gasteiger partial charge in [0, 0.05) is 24.5 Å². The molecule has 2 N–H and O–H groups in total. The Hall–Kier alpha value is -3.69. The summed E-state index contributed by atoms with van der Waals surface area (Å²) in [5, 5.41) is 5.45.